The van der Waals surface area contributed by atoms with E-state index in [-0.39, 0.29) is 5.91 Å². The van der Waals surface area contributed by atoms with Gasteiger partial charge in [0.05, 0.1) is 4.47 Å². The van der Waals surface area contributed by atoms with E-state index in [1.807, 2.05) is 43.3 Å². The number of fused-ring (bicyclic) bond motifs is 1. The van der Waals surface area contributed by atoms with Gasteiger partial charge in [0.2, 0.25) is 0 Å². The Morgan fingerprint density at radius 1 is 1.33 bits per heavy atom. The van der Waals surface area contributed by atoms with Crippen molar-refractivity contribution in [1.29, 1.82) is 0 Å². The van der Waals surface area contributed by atoms with E-state index in [1.54, 1.807) is 13.0 Å². The van der Waals surface area contributed by atoms with Gasteiger partial charge in [0.25, 0.3) is 5.91 Å². The molecule has 2 aromatic carbocycles. The third-order valence-corrected chi connectivity index (χ3v) is 4.46. The summed E-state index contributed by atoms with van der Waals surface area (Å²) in [6, 6.07) is 13.5. The van der Waals surface area contributed by atoms with Crippen molar-refractivity contribution in [3.8, 4) is 5.75 Å². The Bertz CT molecular complexity index is 876. The Labute approximate surface area is 148 Å². The van der Waals surface area contributed by atoms with Crippen molar-refractivity contribution in [2.45, 2.75) is 26.4 Å². The Kier molecular flexibility index (Phi) is 4.85. The molecule has 0 bridgehead atoms. The molecule has 6 heteroatoms. The maximum atomic E-state index is 12.4. The van der Waals surface area contributed by atoms with E-state index in [9.17, 15) is 4.79 Å². The van der Waals surface area contributed by atoms with Crippen molar-refractivity contribution in [3.05, 3.63) is 52.7 Å². The summed E-state index contributed by atoms with van der Waals surface area (Å²) in [6.07, 6.45) is -0.0958. The van der Waals surface area contributed by atoms with Crippen LogP contribution in [0, 0.1) is 6.92 Å². The number of nitrogens with one attached hydrogen (secondary N) is 1. The standard InChI is InChI=1S/C18H17BrN2O3/c1-3-14(18(22)20-16-10-11(2)24-21-16)23-15-9-8-12-6-4-5-7-13(12)17(15)19/h4-10,14H,3H2,1-2H3,(H,20,21,22). The van der Waals surface area contributed by atoms with Gasteiger partial charge >= 0.3 is 0 Å². The van der Waals surface area contributed by atoms with Crippen LogP contribution in [0.1, 0.15) is 19.1 Å². The summed E-state index contributed by atoms with van der Waals surface area (Å²) in [5, 5.41) is 8.62. The van der Waals surface area contributed by atoms with Crippen LogP contribution in [-0.2, 0) is 4.79 Å². The van der Waals surface area contributed by atoms with E-state index >= 15 is 0 Å². The van der Waals surface area contributed by atoms with Gasteiger partial charge in [-0.05, 0) is 46.1 Å². The molecule has 1 heterocycles. The highest BCUT2D eigenvalue weighted by molar-refractivity contribution is 9.10. The molecule has 1 atom stereocenters. The van der Waals surface area contributed by atoms with E-state index < -0.39 is 6.10 Å². The van der Waals surface area contributed by atoms with Crippen LogP contribution < -0.4 is 10.1 Å². The molecule has 5 nitrogen and oxygen atoms in total. The SMILES string of the molecule is CCC(Oc1ccc2ccccc2c1Br)C(=O)Nc1cc(C)on1. The topological polar surface area (TPSA) is 64.4 Å². The number of amides is 1. The summed E-state index contributed by atoms with van der Waals surface area (Å²) < 4.78 is 11.7. The van der Waals surface area contributed by atoms with E-state index in [1.165, 1.54) is 0 Å². The molecule has 24 heavy (non-hydrogen) atoms. The average molecular weight is 389 g/mol. The Morgan fingerprint density at radius 3 is 2.83 bits per heavy atom. The number of ether oxygens (including phenoxy) is 1. The van der Waals surface area contributed by atoms with Crippen LogP contribution in [0.5, 0.6) is 5.75 Å². The third-order valence-electron chi connectivity index (χ3n) is 3.64. The number of aromatic nitrogens is 1. The number of benzene rings is 2. The van der Waals surface area contributed by atoms with Crippen LogP contribution in [0.25, 0.3) is 10.8 Å². The molecule has 3 rings (SSSR count). The quantitative estimate of drug-likeness (QED) is 0.687. The molecule has 0 spiro atoms. The van der Waals surface area contributed by atoms with Crippen LogP contribution in [-0.4, -0.2) is 17.2 Å². The molecule has 1 amide bonds. The highest BCUT2D eigenvalue weighted by Crippen LogP contribution is 2.34. The van der Waals surface area contributed by atoms with Crippen LogP contribution in [0.15, 0.2) is 51.5 Å². The number of hydrogen-bond donors (Lipinski definition) is 1. The molecule has 0 aliphatic rings. The second-order valence-electron chi connectivity index (χ2n) is 5.43. The number of rotatable bonds is 5. The molecule has 0 saturated carbocycles. The maximum Gasteiger partial charge on any atom is 0.266 e. The second kappa shape index (κ2) is 7.05. The molecule has 0 aliphatic heterocycles. The number of aryl methyl sites for hydroxylation is 1. The first kappa shape index (κ1) is 16.5. The molecular weight excluding hydrogens is 372 g/mol. The molecule has 0 aliphatic carbocycles. The lowest BCUT2D eigenvalue weighted by molar-refractivity contribution is -0.122. The summed E-state index contributed by atoms with van der Waals surface area (Å²) >= 11 is 3.57. The fraction of sp³-hybridized carbons (Fsp3) is 0.222. The number of halogens is 1. The highest BCUT2D eigenvalue weighted by Gasteiger charge is 2.21. The predicted molar refractivity (Wildman–Crippen MR) is 96.2 cm³/mol. The lowest BCUT2D eigenvalue weighted by atomic mass is 10.1. The van der Waals surface area contributed by atoms with Gasteiger partial charge in [-0.1, -0.05) is 42.4 Å². The number of hydrogen-bond acceptors (Lipinski definition) is 4. The van der Waals surface area contributed by atoms with Crippen LogP contribution in [0.3, 0.4) is 0 Å². The van der Waals surface area contributed by atoms with E-state index in [0.29, 0.717) is 23.7 Å². The van der Waals surface area contributed by atoms with Crippen molar-refractivity contribution < 1.29 is 14.1 Å². The van der Waals surface area contributed by atoms with Crippen LogP contribution in [0.2, 0.25) is 0 Å². The lowest BCUT2D eigenvalue weighted by Crippen LogP contribution is -2.32. The monoisotopic (exact) mass is 388 g/mol. The largest absolute Gasteiger partial charge is 0.479 e. The molecule has 1 aromatic heterocycles. The Hall–Kier alpha value is -2.34. The molecule has 0 saturated heterocycles. The van der Waals surface area contributed by atoms with Gasteiger partial charge in [-0.25, -0.2) is 0 Å². The number of carbonyl (C=O) groups excluding carboxylic acids is 1. The van der Waals surface area contributed by atoms with Gasteiger partial charge in [-0.15, -0.1) is 0 Å². The maximum absolute atomic E-state index is 12.4. The van der Waals surface area contributed by atoms with Gasteiger partial charge in [-0.2, -0.15) is 0 Å². The fourth-order valence-electron chi connectivity index (χ4n) is 2.41. The first-order chi connectivity index (χ1) is 11.6. The van der Waals surface area contributed by atoms with Crippen molar-refractivity contribution in [1.82, 2.24) is 5.16 Å². The summed E-state index contributed by atoms with van der Waals surface area (Å²) in [5.74, 6) is 1.39. The van der Waals surface area contributed by atoms with Gasteiger partial charge in [0, 0.05) is 6.07 Å². The van der Waals surface area contributed by atoms with E-state index in [4.69, 9.17) is 9.26 Å². The fourth-order valence-corrected chi connectivity index (χ4v) is 3.00. The minimum atomic E-state index is -0.625. The lowest BCUT2D eigenvalue weighted by Gasteiger charge is -2.18. The zero-order valence-electron chi connectivity index (χ0n) is 13.4. The summed E-state index contributed by atoms with van der Waals surface area (Å²) in [6.45, 7) is 3.66. The van der Waals surface area contributed by atoms with Crippen molar-refractivity contribution in [2.24, 2.45) is 0 Å². The van der Waals surface area contributed by atoms with Crippen molar-refractivity contribution >= 4 is 38.4 Å². The molecule has 1 unspecified atom stereocenters. The minimum Gasteiger partial charge on any atom is -0.479 e. The molecule has 1 N–H and O–H groups in total. The first-order valence-corrected chi connectivity index (χ1v) is 8.46. The summed E-state index contributed by atoms with van der Waals surface area (Å²) in [4.78, 5) is 12.4. The average Bonchev–Trinajstić information content (AvgIpc) is 2.99. The molecular formula is C18H17BrN2O3. The normalized spacial score (nSPS) is 12.1. The molecule has 0 radical (unpaired) electrons. The van der Waals surface area contributed by atoms with Crippen LogP contribution in [0.4, 0.5) is 5.82 Å². The minimum absolute atomic E-state index is 0.258. The van der Waals surface area contributed by atoms with E-state index in [2.05, 4.69) is 26.4 Å². The van der Waals surface area contributed by atoms with Gasteiger partial charge in [0.15, 0.2) is 11.9 Å². The Balaban J connectivity index is 1.80. The van der Waals surface area contributed by atoms with Gasteiger partial charge in [0.1, 0.15) is 11.5 Å². The summed E-state index contributed by atoms with van der Waals surface area (Å²) in [7, 11) is 0. The highest BCUT2D eigenvalue weighted by atomic mass is 79.9. The third kappa shape index (κ3) is 3.43. The van der Waals surface area contributed by atoms with Gasteiger partial charge in [-0.3, -0.25) is 4.79 Å². The Morgan fingerprint density at radius 2 is 2.12 bits per heavy atom. The molecule has 3 aromatic rings. The second-order valence-corrected chi connectivity index (χ2v) is 6.22. The zero-order valence-corrected chi connectivity index (χ0v) is 15.0. The molecule has 124 valence electrons. The number of carbonyl (C=O) groups is 1. The van der Waals surface area contributed by atoms with Crippen molar-refractivity contribution in [3.63, 3.8) is 0 Å². The number of nitrogens with zero attached hydrogens (tertiary/aromatic N) is 1. The summed E-state index contributed by atoms with van der Waals surface area (Å²) in [5.41, 5.74) is 0. The van der Waals surface area contributed by atoms with E-state index in [0.717, 1.165) is 15.2 Å². The van der Waals surface area contributed by atoms with Crippen molar-refractivity contribution in [2.75, 3.05) is 5.32 Å². The smallest absolute Gasteiger partial charge is 0.266 e. The van der Waals surface area contributed by atoms with Gasteiger partial charge < -0.3 is 14.6 Å². The first-order valence-electron chi connectivity index (χ1n) is 7.66. The predicted octanol–water partition coefficient (Wildman–Crippen LogP) is 4.69. The zero-order chi connectivity index (χ0) is 17.1. The van der Waals surface area contributed by atoms with Crippen LogP contribution >= 0.6 is 15.9 Å². The number of anilines is 1. The molecule has 0 fully saturated rings.